The van der Waals surface area contributed by atoms with Crippen molar-refractivity contribution in [3.63, 3.8) is 0 Å². The first kappa shape index (κ1) is 11.6. The second kappa shape index (κ2) is 6.02. The lowest BCUT2D eigenvalue weighted by molar-refractivity contribution is 0.293. The summed E-state index contributed by atoms with van der Waals surface area (Å²) in [6.45, 7) is 3.41. The molecule has 0 radical (unpaired) electrons. The van der Waals surface area contributed by atoms with Gasteiger partial charge in [-0.05, 0) is 45.0 Å². The zero-order chi connectivity index (χ0) is 11.2. The molecule has 1 aliphatic heterocycles. The molecule has 0 spiro atoms. The number of nitrogens with zero attached hydrogens (tertiary/aromatic N) is 1. The van der Waals surface area contributed by atoms with Crippen LogP contribution < -0.4 is 5.32 Å². The van der Waals surface area contributed by atoms with Gasteiger partial charge in [0.05, 0.1) is 0 Å². The highest BCUT2D eigenvalue weighted by molar-refractivity contribution is 5.14. The van der Waals surface area contributed by atoms with E-state index in [1.807, 2.05) is 0 Å². The van der Waals surface area contributed by atoms with Gasteiger partial charge in [0, 0.05) is 12.6 Å². The highest BCUT2D eigenvalue weighted by Crippen LogP contribution is 2.16. The molecule has 0 amide bonds. The Morgan fingerprint density at radius 2 is 2.12 bits per heavy atom. The largest absolute Gasteiger partial charge is 0.313 e. The van der Waals surface area contributed by atoms with Crippen molar-refractivity contribution in [2.45, 2.75) is 31.8 Å². The lowest BCUT2D eigenvalue weighted by atomic mass is 10.1. The quantitative estimate of drug-likeness (QED) is 0.763. The molecule has 1 heterocycles. The summed E-state index contributed by atoms with van der Waals surface area (Å²) in [6.07, 6.45) is 4.03. The van der Waals surface area contributed by atoms with Gasteiger partial charge < -0.3 is 10.2 Å². The van der Waals surface area contributed by atoms with Crippen molar-refractivity contribution in [3.05, 3.63) is 35.9 Å². The Morgan fingerprint density at radius 3 is 2.81 bits per heavy atom. The van der Waals surface area contributed by atoms with Crippen LogP contribution in [0, 0.1) is 0 Å². The Kier molecular flexibility index (Phi) is 4.37. The zero-order valence-electron chi connectivity index (χ0n) is 10.2. The third-order valence-corrected chi connectivity index (χ3v) is 3.50. The standard InChI is InChI=1S/C14H22N2/c1-16-11-5-8-14(16)9-10-15-12-13-6-3-2-4-7-13/h2-4,6-7,14-15H,5,8-12H2,1H3. The van der Waals surface area contributed by atoms with Gasteiger partial charge in [-0.1, -0.05) is 30.3 Å². The van der Waals surface area contributed by atoms with Crippen molar-refractivity contribution in [1.29, 1.82) is 0 Å². The summed E-state index contributed by atoms with van der Waals surface area (Å²) in [6, 6.07) is 11.4. The predicted molar refractivity (Wildman–Crippen MR) is 68.4 cm³/mol. The van der Waals surface area contributed by atoms with Crippen molar-refractivity contribution in [2.24, 2.45) is 0 Å². The van der Waals surface area contributed by atoms with Crippen molar-refractivity contribution < 1.29 is 0 Å². The normalized spacial score (nSPS) is 21.4. The summed E-state index contributed by atoms with van der Waals surface area (Å²) in [4.78, 5) is 2.49. The van der Waals surface area contributed by atoms with E-state index >= 15 is 0 Å². The van der Waals surface area contributed by atoms with E-state index in [1.165, 1.54) is 31.4 Å². The maximum absolute atomic E-state index is 3.52. The van der Waals surface area contributed by atoms with E-state index in [0.717, 1.165) is 19.1 Å². The molecule has 1 atom stereocenters. The molecular weight excluding hydrogens is 196 g/mol. The zero-order valence-corrected chi connectivity index (χ0v) is 10.2. The molecular formula is C14H22N2. The topological polar surface area (TPSA) is 15.3 Å². The monoisotopic (exact) mass is 218 g/mol. The van der Waals surface area contributed by atoms with Gasteiger partial charge in [0.25, 0.3) is 0 Å². The van der Waals surface area contributed by atoms with E-state index in [1.54, 1.807) is 0 Å². The predicted octanol–water partition coefficient (Wildman–Crippen LogP) is 2.26. The van der Waals surface area contributed by atoms with Crippen molar-refractivity contribution in [1.82, 2.24) is 10.2 Å². The number of hydrogen-bond acceptors (Lipinski definition) is 2. The highest BCUT2D eigenvalue weighted by atomic mass is 15.1. The van der Waals surface area contributed by atoms with E-state index in [-0.39, 0.29) is 0 Å². The van der Waals surface area contributed by atoms with Crippen LogP contribution in [0.2, 0.25) is 0 Å². The molecule has 0 aliphatic carbocycles. The van der Waals surface area contributed by atoms with E-state index in [9.17, 15) is 0 Å². The SMILES string of the molecule is CN1CCCC1CCNCc1ccccc1. The lowest BCUT2D eigenvalue weighted by Crippen LogP contribution is -2.28. The molecule has 16 heavy (non-hydrogen) atoms. The van der Waals surface area contributed by atoms with Crippen LogP contribution >= 0.6 is 0 Å². The van der Waals surface area contributed by atoms with E-state index in [4.69, 9.17) is 0 Å². The number of rotatable bonds is 5. The van der Waals surface area contributed by atoms with Crippen LogP contribution in [-0.4, -0.2) is 31.1 Å². The van der Waals surface area contributed by atoms with Crippen LogP contribution in [0.4, 0.5) is 0 Å². The minimum Gasteiger partial charge on any atom is -0.313 e. The Balaban J connectivity index is 1.62. The van der Waals surface area contributed by atoms with Gasteiger partial charge in [0.1, 0.15) is 0 Å². The summed E-state index contributed by atoms with van der Waals surface area (Å²) in [5.41, 5.74) is 1.38. The van der Waals surface area contributed by atoms with Crippen LogP contribution in [0.15, 0.2) is 30.3 Å². The Morgan fingerprint density at radius 1 is 1.31 bits per heavy atom. The number of benzene rings is 1. The average molecular weight is 218 g/mol. The Hall–Kier alpha value is -0.860. The van der Waals surface area contributed by atoms with E-state index in [0.29, 0.717) is 0 Å². The fourth-order valence-corrected chi connectivity index (χ4v) is 2.44. The van der Waals surface area contributed by atoms with Crippen molar-refractivity contribution in [2.75, 3.05) is 20.1 Å². The summed E-state index contributed by atoms with van der Waals surface area (Å²) in [7, 11) is 2.24. The van der Waals surface area contributed by atoms with Crippen LogP contribution in [0.3, 0.4) is 0 Å². The Bertz CT molecular complexity index is 297. The van der Waals surface area contributed by atoms with E-state index in [2.05, 4.69) is 47.6 Å². The van der Waals surface area contributed by atoms with Gasteiger partial charge in [-0.15, -0.1) is 0 Å². The maximum Gasteiger partial charge on any atom is 0.0205 e. The van der Waals surface area contributed by atoms with Crippen molar-refractivity contribution >= 4 is 0 Å². The summed E-state index contributed by atoms with van der Waals surface area (Å²) in [5.74, 6) is 0. The molecule has 0 saturated carbocycles. The summed E-state index contributed by atoms with van der Waals surface area (Å²) < 4.78 is 0. The molecule has 1 N–H and O–H groups in total. The summed E-state index contributed by atoms with van der Waals surface area (Å²) in [5, 5.41) is 3.52. The molecule has 1 aromatic carbocycles. The first-order chi connectivity index (χ1) is 7.86. The van der Waals surface area contributed by atoms with Gasteiger partial charge in [0.2, 0.25) is 0 Å². The van der Waals surface area contributed by atoms with Gasteiger partial charge in [-0.3, -0.25) is 0 Å². The second-order valence-corrected chi connectivity index (χ2v) is 4.73. The number of likely N-dealkylation sites (tertiary alicyclic amines) is 1. The molecule has 0 aromatic heterocycles. The first-order valence-corrected chi connectivity index (χ1v) is 6.31. The third-order valence-electron chi connectivity index (χ3n) is 3.50. The molecule has 88 valence electrons. The minimum absolute atomic E-state index is 0.809. The van der Waals surface area contributed by atoms with Gasteiger partial charge in [0.15, 0.2) is 0 Å². The molecule has 1 saturated heterocycles. The van der Waals surface area contributed by atoms with E-state index < -0.39 is 0 Å². The first-order valence-electron chi connectivity index (χ1n) is 6.31. The van der Waals surface area contributed by atoms with Crippen LogP contribution in [-0.2, 0) is 6.54 Å². The van der Waals surface area contributed by atoms with Crippen LogP contribution in [0.25, 0.3) is 0 Å². The summed E-state index contributed by atoms with van der Waals surface area (Å²) >= 11 is 0. The lowest BCUT2D eigenvalue weighted by Gasteiger charge is -2.19. The molecule has 1 unspecified atom stereocenters. The number of hydrogen-bond donors (Lipinski definition) is 1. The maximum atomic E-state index is 3.52. The third kappa shape index (κ3) is 3.32. The molecule has 1 aliphatic rings. The molecule has 0 bridgehead atoms. The molecule has 2 nitrogen and oxygen atoms in total. The fourth-order valence-electron chi connectivity index (χ4n) is 2.44. The number of nitrogens with one attached hydrogen (secondary N) is 1. The van der Waals surface area contributed by atoms with Crippen LogP contribution in [0.1, 0.15) is 24.8 Å². The van der Waals surface area contributed by atoms with Crippen molar-refractivity contribution in [3.8, 4) is 0 Å². The Labute approximate surface area is 98.7 Å². The molecule has 1 fully saturated rings. The molecule has 1 aromatic rings. The second-order valence-electron chi connectivity index (χ2n) is 4.73. The smallest absolute Gasteiger partial charge is 0.0205 e. The van der Waals surface area contributed by atoms with Crippen LogP contribution in [0.5, 0.6) is 0 Å². The fraction of sp³-hybridized carbons (Fsp3) is 0.571. The molecule has 2 heteroatoms. The van der Waals surface area contributed by atoms with Gasteiger partial charge >= 0.3 is 0 Å². The minimum atomic E-state index is 0.809. The highest BCUT2D eigenvalue weighted by Gasteiger charge is 2.19. The molecule has 2 rings (SSSR count). The average Bonchev–Trinajstić information content (AvgIpc) is 2.72. The van der Waals surface area contributed by atoms with Gasteiger partial charge in [-0.2, -0.15) is 0 Å². The van der Waals surface area contributed by atoms with Gasteiger partial charge in [-0.25, -0.2) is 0 Å².